The van der Waals surface area contributed by atoms with Crippen molar-refractivity contribution >= 4 is 0 Å². The highest BCUT2D eigenvalue weighted by Gasteiger charge is 2.26. The fourth-order valence-electron chi connectivity index (χ4n) is 2.87. The van der Waals surface area contributed by atoms with Gasteiger partial charge in [-0.15, -0.1) is 0 Å². The molecule has 1 aliphatic heterocycles. The summed E-state index contributed by atoms with van der Waals surface area (Å²) in [5, 5.41) is 8.35. The van der Waals surface area contributed by atoms with Crippen LogP contribution in [0.3, 0.4) is 0 Å². The van der Waals surface area contributed by atoms with Gasteiger partial charge in [0.2, 0.25) is 0 Å². The van der Waals surface area contributed by atoms with Crippen molar-refractivity contribution in [3.8, 4) is 0 Å². The number of aromatic nitrogens is 3. The molecule has 0 saturated carbocycles. The highest BCUT2D eigenvalue weighted by atomic mass is 16.5. The molecule has 3 heterocycles. The van der Waals surface area contributed by atoms with E-state index < -0.39 is 0 Å². The van der Waals surface area contributed by atoms with E-state index in [0.717, 1.165) is 31.1 Å². The molecule has 102 valence electrons. The van der Waals surface area contributed by atoms with Gasteiger partial charge in [-0.25, -0.2) is 0 Å². The number of hydrogen-bond donors (Lipinski definition) is 0. The summed E-state index contributed by atoms with van der Waals surface area (Å²) in [4.78, 5) is 2.52. The molecule has 0 aromatic carbocycles. The summed E-state index contributed by atoms with van der Waals surface area (Å²) >= 11 is 0. The van der Waals surface area contributed by atoms with Crippen molar-refractivity contribution in [3.63, 3.8) is 0 Å². The topological polar surface area (TPSA) is 47.1 Å². The Balaban J connectivity index is 1.70. The second kappa shape index (κ2) is 5.17. The Morgan fingerprint density at radius 1 is 1.42 bits per heavy atom. The van der Waals surface area contributed by atoms with Gasteiger partial charge in [-0.1, -0.05) is 5.16 Å². The molecule has 2 aromatic heterocycles. The number of hydrogen-bond acceptors (Lipinski definition) is 4. The van der Waals surface area contributed by atoms with Crippen LogP contribution in [0.25, 0.3) is 0 Å². The monoisotopic (exact) mass is 260 g/mol. The summed E-state index contributed by atoms with van der Waals surface area (Å²) in [6.45, 7) is 7.07. The normalized spacial score (nSPS) is 20.2. The number of aryl methyl sites for hydroxylation is 2. The lowest BCUT2D eigenvalue weighted by Crippen LogP contribution is -2.33. The maximum absolute atomic E-state index is 5.25. The first-order valence-corrected chi connectivity index (χ1v) is 6.87. The maximum Gasteiger partial charge on any atom is 0.138 e. The van der Waals surface area contributed by atoms with E-state index in [-0.39, 0.29) is 0 Å². The average Bonchev–Trinajstić information content (AvgIpc) is 3.10. The van der Waals surface area contributed by atoms with E-state index in [1.54, 1.807) is 0 Å². The van der Waals surface area contributed by atoms with Gasteiger partial charge >= 0.3 is 0 Å². The fraction of sp³-hybridized carbons (Fsp3) is 0.571. The van der Waals surface area contributed by atoms with Crippen LogP contribution in [0.5, 0.6) is 0 Å². The molecular formula is C14H20N4O. The van der Waals surface area contributed by atoms with E-state index in [0.29, 0.717) is 6.04 Å². The zero-order chi connectivity index (χ0) is 13.2. The van der Waals surface area contributed by atoms with Crippen molar-refractivity contribution in [1.82, 2.24) is 19.8 Å². The molecule has 0 bridgehead atoms. The summed E-state index contributed by atoms with van der Waals surface area (Å²) in [5.41, 5.74) is 2.26. The standard InChI is InChI=1S/C14H20N4O/c1-11-14(12(2)19-16-11)10-17-7-3-5-13(17)9-18-8-4-6-15-18/h4,6,8,13H,3,5,7,9-10H2,1-2H3/t13-/m1/s1. The molecule has 0 spiro atoms. The minimum absolute atomic E-state index is 0.564. The summed E-state index contributed by atoms with van der Waals surface area (Å²) in [7, 11) is 0. The van der Waals surface area contributed by atoms with E-state index in [2.05, 4.69) is 15.2 Å². The second-order valence-corrected chi connectivity index (χ2v) is 5.30. The van der Waals surface area contributed by atoms with Gasteiger partial charge in [0, 0.05) is 30.5 Å². The van der Waals surface area contributed by atoms with Crippen molar-refractivity contribution in [2.45, 2.75) is 45.8 Å². The summed E-state index contributed by atoms with van der Waals surface area (Å²) in [6, 6.07) is 2.54. The fourth-order valence-corrected chi connectivity index (χ4v) is 2.87. The molecule has 0 amide bonds. The molecule has 19 heavy (non-hydrogen) atoms. The quantitative estimate of drug-likeness (QED) is 0.845. The number of likely N-dealkylation sites (tertiary alicyclic amines) is 1. The lowest BCUT2D eigenvalue weighted by Gasteiger charge is -2.24. The van der Waals surface area contributed by atoms with Crippen LogP contribution < -0.4 is 0 Å². The Kier molecular flexibility index (Phi) is 3.38. The zero-order valence-electron chi connectivity index (χ0n) is 11.5. The van der Waals surface area contributed by atoms with E-state index in [1.807, 2.05) is 37.0 Å². The van der Waals surface area contributed by atoms with Gasteiger partial charge in [-0.2, -0.15) is 5.10 Å². The average molecular weight is 260 g/mol. The maximum atomic E-state index is 5.25. The first-order valence-electron chi connectivity index (χ1n) is 6.87. The Morgan fingerprint density at radius 3 is 3.00 bits per heavy atom. The lowest BCUT2D eigenvalue weighted by molar-refractivity contribution is 0.217. The van der Waals surface area contributed by atoms with Gasteiger partial charge in [0.05, 0.1) is 12.2 Å². The predicted octanol–water partition coefficient (Wildman–Crippen LogP) is 2.15. The molecule has 0 aliphatic carbocycles. The van der Waals surface area contributed by atoms with Crippen LogP contribution in [-0.2, 0) is 13.1 Å². The molecule has 0 radical (unpaired) electrons. The van der Waals surface area contributed by atoms with Crippen molar-refractivity contribution in [2.24, 2.45) is 0 Å². The largest absolute Gasteiger partial charge is 0.361 e. The summed E-state index contributed by atoms with van der Waals surface area (Å²) in [6.07, 6.45) is 6.37. The molecule has 0 N–H and O–H groups in total. The van der Waals surface area contributed by atoms with Crippen LogP contribution in [0.2, 0.25) is 0 Å². The molecular weight excluding hydrogens is 240 g/mol. The molecule has 5 nitrogen and oxygen atoms in total. The van der Waals surface area contributed by atoms with Crippen LogP contribution in [0.4, 0.5) is 0 Å². The van der Waals surface area contributed by atoms with E-state index >= 15 is 0 Å². The van der Waals surface area contributed by atoms with Gasteiger partial charge in [-0.05, 0) is 39.3 Å². The van der Waals surface area contributed by atoms with Crippen molar-refractivity contribution in [3.05, 3.63) is 35.5 Å². The van der Waals surface area contributed by atoms with Crippen LogP contribution >= 0.6 is 0 Å². The van der Waals surface area contributed by atoms with Crippen LogP contribution in [-0.4, -0.2) is 32.4 Å². The third-order valence-electron chi connectivity index (χ3n) is 4.00. The molecule has 2 aromatic rings. The lowest BCUT2D eigenvalue weighted by atomic mass is 10.1. The molecule has 3 rings (SSSR count). The summed E-state index contributed by atoms with van der Waals surface area (Å²) < 4.78 is 7.28. The summed E-state index contributed by atoms with van der Waals surface area (Å²) in [5.74, 6) is 0.947. The van der Waals surface area contributed by atoms with Crippen molar-refractivity contribution in [1.29, 1.82) is 0 Å². The SMILES string of the molecule is Cc1noc(C)c1CN1CCC[C@@H]1Cn1cccn1. The predicted molar refractivity (Wildman–Crippen MR) is 71.6 cm³/mol. The van der Waals surface area contributed by atoms with Gasteiger partial charge in [0.25, 0.3) is 0 Å². The highest BCUT2D eigenvalue weighted by Crippen LogP contribution is 2.23. The Morgan fingerprint density at radius 2 is 2.32 bits per heavy atom. The molecule has 1 atom stereocenters. The van der Waals surface area contributed by atoms with E-state index in [1.165, 1.54) is 18.4 Å². The Bertz CT molecular complexity index is 512. The van der Waals surface area contributed by atoms with Gasteiger partial charge in [0.1, 0.15) is 5.76 Å². The Labute approximate surface area is 113 Å². The van der Waals surface area contributed by atoms with Crippen molar-refractivity contribution < 1.29 is 4.52 Å². The highest BCUT2D eigenvalue weighted by molar-refractivity contribution is 5.20. The third-order valence-corrected chi connectivity index (χ3v) is 4.00. The molecule has 5 heteroatoms. The molecule has 1 saturated heterocycles. The van der Waals surface area contributed by atoms with Gasteiger partial charge < -0.3 is 4.52 Å². The zero-order valence-corrected chi connectivity index (χ0v) is 11.5. The third kappa shape index (κ3) is 2.56. The van der Waals surface area contributed by atoms with E-state index in [4.69, 9.17) is 4.52 Å². The minimum atomic E-state index is 0.564. The van der Waals surface area contributed by atoms with Crippen LogP contribution in [0, 0.1) is 13.8 Å². The molecule has 1 fully saturated rings. The Hall–Kier alpha value is -1.62. The smallest absolute Gasteiger partial charge is 0.138 e. The minimum Gasteiger partial charge on any atom is -0.361 e. The van der Waals surface area contributed by atoms with Crippen LogP contribution in [0.15, 0.2) is 23.0 Å². The van der Waals surface area contributed by atoms with Crippen LogP contribution in [0.1, 0.15) is 29.9 Å². The molecule has 0 unspecified atom stereocenters. The second-order valence-electron chi connectivity index (χ2n) is 5.30. The van der Waals surface area contributed by atoms with Gasteiger partial charge in [0.15, 0.2) is 0 Å². The number of nitrogens with zero attached hydrogens (tertiary/aromatic N) is 4. The number of rotatable bonds is 4. The molecule has 1 aliphatic rings. The van der Waals surface area contributed by atoms with Gasteiger partial charge in [-0.3, -0.25) is 9.58 Å². The first kappa shape index (κ1) is 12.4. The first-order chi connectivity index (χ1) is 9.24. The van der Waals surface area contributed by atoms with Crippen molar-refractivity contribution in [2.75, 3.05) is 6.54 Å². The van der Waals surface area contributed by atoms with E-state index in [9.17, 15) is 0 Å².